The quantitative estimate of drug-likeness (QED) is 0.328. The van der Waals surface area contributed by atoms with Gasteiger partial charge in [0.1, 0.15) is 0 Å². The summed E-state index contributed by atoms with van der Waals surface area (Å²) >= 11 is 0. The molecule has 0 atom stereocenters. The van der Waals surface area contributed by atoms with Crippen molar-refractivity contribution in [2.24, 2.45) is 11.8 Å². The molecule has 0 aliphatic heterocycles. The summed E-state index contributed by atoms with van der Waals surface area (Å²) in [6, 6.07) is 0. The molecule has 0 aromatic carbocycles. The van der Waals surface area contributed by atoms with Crippen molar-refractivity contribution in [1.29, 1.82) is 0 Å². The van der Waals surface area contributed by atoms with Gasteiger partial charge in [-0.25, -0.2) is 6.08 Å². The minimum Gasteiger partial charge on any atom is -0.447 e. The second-order valence-electron chi connectivity index (χ2n) is 4.38. The first-order valence-corrected chi connectivity index (χ1v) is 6.73. The Morgan fingerprint density at radius 2 is 1.79 bits per heavy atom. The van der Waals surface area contributed by atoms with Crippen LogP contribution < -0.4 is 0 Å². The normalized spacial score (nSPS) is 21.6. The first-order valence-electron chi connectivity index (χ1n) is 6.73. The van der Waals surface area contributed by atoms with E-state index in [0.717, 1.165) is 31.6 Å². The minimum absolute atomic E-state index is 0. The zero-order valence-electron chi connectivity index (χ0n) is 12.4. The number of rotatable bonds is 4. The number of carbonyl (C=O) groups excluding carboxylic acids is 1. The van der Waals surface area contributed by atoms with Crippen LogP contribution in [0, 0.1) is 17.9 Å². The van der Waals surface area contributed by atoms with E-state index in [0.29, 0.717) is 5.76 Å². The number of hydrogen-bond acceptors (Lipinski definition) is 2. The van der Waals surface area contributed by atoms with Crippen molar-refractivity contribution in [2.45, 2.75) is 46.5 Å². The number of carbonyl (C=O) groups is 1. The third kappa shape index (κ3) is 9.35. The molecular weight excluding hydrogens is 313 g/mol. The van der Waals surface area contributed by atoms with Crippen molar-refractivity contribution < 1.29 is 42.2 Å². The van der Waals surface area contributed by atoms with Crippen LogP contribution in [-0.4, -0.2) is 5.97 Å². The van der Waals surface area contributed by atoms with Crippen LogP contribution in [0.1, 0.15) is 46.5 Å². The third-order valence-electron chi connectivity index (χ3n) is 2.97. The van der Waals surface area contributed by atoms with Crippen LogP contribution in [0.2, 0.25) is 0 Å². The number of esters is 1. The Balaban J connectivity index is 0. The fraction of sp³-hybridized carbons (Fsp3) is 0.562. The molecule has 0 unspecified atom stereocenters. The Kier molecular flexibility index (Phi) is 14.2. The van der Waals surface area contributed by atoms with E-state index < -0.39 is 0 Å². The molecule has 0 heterocycles. The largest absolute Gasteiger partial charge is 0.447 e. The fourth-order valence-electron chi connectivity index (χ4n) is 1.89. The van der Waals surface area contributed by atoms with Crippen molar-refractivity contribution in [2.75, 3.05) is 0 Å². The summed E-state index contributed by atoms with van der Waals surface area (Å²) in [4.78, 5) is 11.7. The molecule has 105 valence electrons. The summed E-state index contributed by atoms with van der Waals surface area (Å²) in [5, 5.41) is 0. The first kappa shape index (κ1) is 21.1. The molecule has 2 nitrogen and oxygen atoms in total. The standard InChI is InChI=1S/C14H19O2.C2H6.Y/c1-4-5-6-12(3)16-14(15)13-9-7-11(2)8-10-13;1-2;/h5-6,11,13H,1,3,7-10H2,2H3;1-2H3;/q-1;;/b6-5-;;. The molecule has 1 aliphatic rings. The summed E-state index contributed by atoms with van der Waals surface area (Å²) in [5.41, 5.74) is 0. The second kappa shape index (κ2) is 12.8. The molecule has 0 amide bonds. The van der Waals surface area contributed by atoms with E-state index in [1.165, 1.54) is 0 Å². The second-order valence-corrected chi connectivity index (χ2v) is 4.38. The van der Waals surface area contributed by atoms with Crippen LogP contribution >= 0.6 is 0 Å². The Morgan fingerprint density at radius 1 is 1.26 bits per heavy atom. The van der Waals surface area contributed by atoms with E-state index in [2.05, 4.69) is 26.2 Å². The zero-order valence-corrected chi connectivity index (χ0v) is 15.3. The molecule has 19 heavy (non-hydrogen) atoms. The van der Waals surface area contributed by atoms with Gasteiger partial charge >= 0.3 is 5.97 Å². The van der Waals surface area contributed by atoms with Crippen molar-refractivity contribution in [3.8, 4) is 0 Å². The predicted molar refractivity (Wildman–Crippen MR) is 75.7 cm³/mol. The van der Waals surface area contributed by atoms with Gasteiger partial charge < -0.3 is 4.74 Å². The van der Waals surface area contributed by atoms with E-state index >= 15 is 0 Å². The van der Waals surface area contributed by atoms with E-state index in [1.54, 1.807) is 12.2 Å². The first-order chi connectivity index (χ1) is 8.63. The zero-order chi connectivity index (χ0) is 14.0. The van der Waals surface area contributed by atoms with Gasteiger partial charge in [0.05, 0.1) is 5.92 Å². The van der Waals surface area contributed by atoms with Gasteiger partial charge in [-0.15, -0.1) is 0 Å². The maximum Gasteiger partial charge on any atom is 0.312 e. The van der Waals surface area contributed by atoms with Gasteiger partial charge in [0.2, 0.25) is 0 Å². The fourth-order valence-corrected chi connectivity index (χ4v) is 1.89. The summed E-state index contributed by atoms with van der Waals surface area (Å²) < 4.78 is 5.14. The van der Waals surface area contributed by atoms with Crippen molar-refractivity contribution in [1.82, 2.24) is 0 Å². The summed E-state index contributed by atoms with van der Waals surface area (Å²) in [6.45, 7) is 13.3. The maximum absolute atomic E-state index is 11.7. The number of hydrogen-bond donors (Lipinski definition) is 0. The Hall–Kier alpha value is -0.206. The molecule has 0 aromatic heterocycles. The van der Waals surface area contributed by atoms with Gasteiger partial charge in [-0.05, 0) is 31.6 Å². The maximum atomic E-state index is 11.7. The molecule has 0 saturated heterocycles. The van der Waals surface area contributed by atoms with Gasteiger partial charge in [-0.2, -0.15) is 12.7 Å². The van der Waals surface area contributed by atoms with Gasteiger partial charge in [-0.1, -0.05) is 27.4 Å². The molecule has 1 fully saturated rings. The van der Waals surface area contributed by atoms with Gasteiger partial charge in [0.15, 0.2) is 0 Å². The molecule has 0 bridgehead atoms. The molecule has 1 aliphatic carbocycles. The number of allylic oxidation sites excluding steroid dienone is 3. The summed E-state index contributed by atoms with van der Waals surface area (Å²) in [5.74, 6) is 1.00. The minimum atomic E-state index is -0.148. The summed E-state index contributed by atoms with van der Waals surface area (Å²) in [7, 11) is 0. The van der Waals surface area contributed by atoms with Crippen LogP contribution in [0.15, 0.2) is 31.1 Å². The molecule has 0 N–H and O–H groups in total. The Morgan fingerprint density at radius 3 is 2.26 bits per heavy atom. The van der Waals surface area contributed by atoms with Crippen molar-refractivity contribution in [3.63, 3.8) is 0 Å². The van der Waals surface area contributed by atoms with Crippen LogP contribution in [0.25, 0.3) is 0 Å². The SMILES string of the molecule is C=[C-]/C=C\C(=C)OC(=O)C1CCC(C)CC1.CC.[Y]. The number of ether oxygens (including phenoxy) is 1. The van der Waals surface area contributed by atoms with Crippen molar-refractivity contribution in [3.05, 3.63) is 37.1 Å². The summed E-state index contributed by atoms with van der Waals surface area (Å²) in [6.07, 6.45) is 9.85. The average molecular weight is 338 g/mol. The van der Waals surface area contributed by atoms with Crippen LogP contribution in [0.5, 0.6) is 0 Å². The van der Waals surface area contributed by atoms with E-state index in [1.807, 2.05) is 13.8 Å². The smallest absolute Gasteiger partial charge is 0.312 e. The molecule has 1 rings (SSSR count). The third-order valence-corrected chi connectivity index (χ3v) is 2.97. The molecule has 1 radical (unpaired) electrons. The monoisotopic (exact) mass is 338 g/mol. The molecule has 0 spiro atoms. The van der Waals surface area contributed by atoms with E-state index in [-0.39, 0.29) is 44.6 Å². The average Bonchev–Trinajstić information content (AvgIpc) is 2.39. The van der Waals surface area contributed by atoms with E-state index in [9.17, 15) is 4.79 Å². The van der Waals surface area contributed by atoms with Gasteiger partial charge in [-0.3, -0.25) is 10.9 Å². The van der Waals surface area contributed by atoms with Crippen LogP contribution in [-0.2, 0) is 42.2 Å². The molecule has 3 heteroatoms. The molecular formula is C16H25O2Y-. The molecule has 0 aromatic rings. The Bertz CT molecular complexity index is 300. The molecule has 1 saturated carbocycles. The van der Waals surface area contributed by atoms with Crippen molar-refractivity contribution >= 4 is 5.97 Å². The van der Waals surface area contributed by atoms with Crippen LogP contribution in [0.4, 0.5) is 0 Å². The Labute approximate surface area is 143 Å². The van der Waals surface area contributed by atoms with Crippen LogP contribution in [0.3, 0.4) is 0 Å². The van der Waals surface area contributed by atoms with E-state index in [4.69, 9.17) is 4.74 Å². The van der Waals surface area contributed by atoms with Gasteiger partial charge in [0.25, 0.3) is 0 Å². The topological polar surface area (TPSA) is 26.3 Å². The predicted octanol–water partition coefficient (Wildman–Crippen LogP) is 4.44. The van der Waals surface area contributed by atoms with Gasteiger partial charge in [0, 0.05) is 38.5 Å².